The van der Waals surface area contributed by atoms with Crippen molar-refractivity contribution in [3.63, 3.8) is 0 Å². The van der Waals surface area contributed by atoms with E-state index in [0.29, 0.717) is 68.2 Å². The molecule has 4 heterocycles. The van der Waals surface area contributed by atoms with Gasteiger partial charge < -0.3 is 34.7 Å². The Labute approximate surface area is 250 Å². The van der Waals surface area contributed by atoms with Gasteiger partial charge in [0, 0.05) is 53.2 Å². The van der Waals surface area contributed by atoms with Crippen molar-refractivity contribution in [2.75, 3.05) is 70.3 Å². The first-order chi connectivity index (χ1) is 20.9. The van der Waals surface area contributed by atoms with Gasteiger partial charge in [0.15, 0.2) is 17.5 Å². The molecule has 13 heteroatoms. The first-order valence-corrected chi connectivity index (χ1v) is 14.8. The topological polar surface area (TPSA) is 130 Å². The van der Waals surface area contributed by atoms with E-state index in [9.17, 15) is 4.79 Å². The van der Waals surface area contributed by atoms with Crippen LogP contribution in [0.3, 0.4) is 0 Å². The lowest BCUT2D eigenvalue weighted by atomic mass is 9.90. The molecular weight excluding hydrogens is 555 g/mol. The zero-order valence-electron chi connectivity index (χ0n) is 24.7. The average Bonchev–Trinajstić information content (AvgIpc) is 3.71. The van der Waals surface area contributed by atoms with E-state index in [1.54, 1.807) is 25.1 Å². The molecule has 3 N–H and O–H groups in total. The Hall–Kier alpha value is -3.81. The van der Waals surface area contributed by atoms with Gasteiger partial charge in [-0.2, -0.15) is 0 Å². The number of carbonyl (C=O) groups is 1. The minimum atomic E-state index is -0.557. The number of rotatable bonds is 12. The van der Waals surface area contributed by atoms with Crippen molar-refractivity contribution in [1.29, 1.82) is 0 Å². The van der Waals surface area contributed by atoms with Crippen LogP contribution in [-0.2, 0) is 28.9 Å². The molecule has 1 atom stereocenters. The second-order valence-corrected chi connectivity index (χ2v) is 11.5. The molecule has 1 aliphatic carbocycles. The molecule has 1 aromatic carbocycles. The van der Waals surface area contributed by atoms with Crippen molar-refractivity contribution >= 4 is 28.8 Å². The predicted octanol–water partition coefficient (Wildman–Crippen LogP) is 3.04. The molecule has 2 aliphatic heterocycles. The Morgan fingerprint density at radius 2 is 2.14 bits per heavy atom. The zero-order chi connectivity index (χ0) is 30.0. The van der Waals surface area contributed by atoms with Gasteiger partial charge in [0.25, 0.3) is 5.88 Å². The summed E-state index contributed by atoms with van der Waals surface area (Å²) in [5.41, 5.74) is 2.46. The van der Waals surface area contributed by atoms with Crippen LogP contribution >= 0.6 is 0 Å². The number of anilines is 2. The number of aromatic nitrogens is 4. The lowest BCUT2D eigenvalue weighted by Crippen LogP contribution is -2.48. The molecular formula is C30H39FN8O4. The number of imidazole rings is 1. The highest BCUT2D eigenvalue weighted by atomic mass is 19.1. The zero-order valence-corrected chi connectivity index (χ0v) is 24.7. The molecule has 2 saturated heterocycles. The number of aromatic amines is 1. The fraction of sp³-hybridized carbons (Fsp3) is 0.533. The van der Waals surface area contributed by atoms with Crippen molar-refractivity contribution in [2.45, 2.75) is 37.8 Å². The van der Waals surface area contributed by atoms with E-state index in [4.69, 9.17) is 14.2 Å². The van der Waals surface area contributed by atoms with E-state index < -0.39 is 11.7 Å². The number of amides is 1. The van der Waals surface area contributed by atoms with Crippen LogP contribution < -0.4 is 20.3 Å². The van der Waals surface area contributed by atoms with Gasteiger partial charge in [0.1, 0.15) is 23.5 Å². The van der Waals surface area contributed by atoms with Gasteiger partial charge in [0.05, 0.1) is 31.4 Å². The van der Waals surface area contributed by atoms with E-state index in [2.05, 4.69) is 48.1 Å². The van der Waals surface area contributed by atoms with Crippen molar-refractivity contribution < 1.29 is 23.4 Å². The van der Waals surface area contributed by atoms with Crippen molar-refractivity contribution in [3.8, 4) is 5.88 Å². The highest BCUT2D eigenvalue weighted by Crippen LogP contribution is 2.38. The van der Waals surface area contributed by atoms with Gasteiger partial charge in [0.2, 0.25) is 0 Å². The number of hydrogen-bond donors (Lipinski definition) is 3. The van der Waals surface area contributed by atoms with Gasteiger partial charge in [-0.1, -0.05) is 12.7 Å². The predicted molar refractivity (Wildman–Crippen MR) is 160 cm³/mol. The van der Waals surface area contributed by atoms with Crippen LogP contribution in [0.15, 0.2) is 24.9 Å². The molecule has 1 amide bonds. The molecule has 6 rings (SSSR count). The van der Waals surface area contributed by atoms with Crippen LogP contribution in [0.5, 0.6) is 5.88 Å². The number of hydrogen-bond acceptors (Lipinski definition) is 10. The van der Waals surface area contributed by atoms with E-state index in [1.807, 2.05) is 0 Å². The number of halogens is 1. The molecule has 0 saturated carbocycles. The summed E-state index contributed by atoms with van der Waals surface area (Å²) in [6, 6.07) is 2.07. The molecule has 0 bridgehead atoms. The lowest BCUT2D eigenvalue weighted by molar-refractivity contribution is -0.00211. The fourth-order valence-corrected chi connectivity index (χ4v) is 6.40. The first-order valence-electron chi connectivity index (χ1n) is 14.8. The largest absolute Gasteiger partial charge is 0.471 e. The highest BCUT2D eigenvalue weighted by Gasteiger charge is 2.48. The fourth-order valence-electron chi connectivity index (χ4n) is 6.40. The van der Waals surface area contributed by atoms with Gasteiger partial charge in [-0.25, -0.2) is 24.1 Å². The highest BCUT2D eigenvalue weighted by molar-refractivity contribution is 5.89. The summed E-state index contributed by atoms with van der Waals surface area (Å²) < 4.78 is 32.0. The maximum Gasteiger partial charge on any atom is 0.416 e. The first kappa shape index (κ1) is 29.3. The number of ether oxygens (including phenoxy) is 3. The molecule has 12 nitrogen and oxygen atoms in total. The third-order valence-corrected chi connectivity index (χ3v) is 8.57. The molecule has 230 valence electrons. The second-order valence-electron chi connectivity index (χ2n) is 11.5. The molecule has 0 radical (unpaired) electrons. The van der Waals surface area contributed by atoms with Gasteiger partial charge in [-0.05, 0) is 36.0 Å². The van der Waals surface area contributed by atoms with E-state index in [0.717, 1.165) is 61.4 Å². The molecule has 43 heavy (non-hydrogen) atoms. The Kier molecular flexibility index (Phi) is 8.46. The summed E-state index contributed by atoms with van der Waals surface area (Å²) in [5.74, 6) is 2.07. The van der Waals surface area contributed by atoms with Crippen molar-refractivity contribution in [3.05, 3.63) is 47.7 Å². The number of carbonyl (C=O) groups excluding carboxylic acids is 1. The van der Waals surface area contributed by atoms with Crippen LogP contribution in [0.2, 0.25) is 0 Å². The number of H-pyrrole nitrogens is 1. The summed E-state index contributed by atoms with van der Waals surface area (Å²) >= 11 is 0. The smallest absolute Gasteiger partial charge is 0.416 e. The number of benzene rings is 1. The van der Waals surface area contributed by atoms with Crippen molar-refractivity contribution in [1.82, 2.24) is 30.2 Å². The quantitative estimate of drug-likeness (QED) is 0.213. The van der Waals surface area contributed by atoms with Crippen molar-refractivity contribution in [2.24, 2.45) is 5.92 Å². The SMILES string of the molecule is C=CCOc1ncc(N2CC3(CCN(CC4Cc5cc6[nH]c(CNCCOC)nc6c(F)c5C4)CC3)OC2=O)nc1NC. The standard InChI is InChI=1S/C30H39FN8O4/c1-4-10-42-28-27(32-2)37-24(16-34-28)39-18-30(43-29(39)40)5-8-38(9-6-30)17-19-12-20-14-22-26(25(31)21(20)13-19)36-23(35-22)15-33-7-11-41-3/h4,14,16,19,33H,1,5-13,15,17-18H2,2-3H3,(H,32,37)(H,35,36). The molecule has 2 fully saturated rings. The minimum absolute atomic E-state index is 0.199. The number of nitrogens with zero attached hydrogens (tertiary/aromatic N) is 5. The molecule has 3 aliphatic rings. The van der Waals surface area contributed by atoms with E-state index >= 15 is 4.39 Å². The molecule has 1 unspecified atom stereocenters. The third-order valence-electron chi connectivity index (χ3n) is 8.57. The van der Waals surface area contributed by atoms with Gasteiger partial charge in [-0.15, -0.1) is 0 Å². The average molecular weight is 595 g/mol. The van der Waals surface area contributed by atoms with Crippen LogP contribution in [0.4, 0.5) is 20.8 Å². The number of likely N-dealkylation sites (tertiary alicyclic amines) is 1. The van der Waals surface area contributed by atoms with Gasteiger partial charge in [-0.3, -0.25) is 4.90 Å². The normalized spacial score (nSPS) is 19.7. The lowest BCUT2D eigenvalue weighted by Gasteiger charge is -2.38. The monoisotopic (exact) mass is 594 g/mol. The number of piperidine rings is 1. The van der Waals surface area contributed by atoms with Crippen LogP contribution in [-0.4, -0.2) is 96.6 Å². The summed E-state index contributed by atoms with van der Waals surface area (Å²) in [6.07, 6.45) is 5.74. The van der Waals surface area contributed by atoms with Crippen LogP contribution in [0.1, 0.15) is 29.8 Å². The number of fused-ring (bicyclic) bond motifs is 2. The molecule has 2 aromatic heterocycles. The number of methoxy groups -OCH3 is 1. The second kappa shape index (κ2) is 12.4. The molecule has 3 aromatic rings. The summed E-state index contributed by atoms with van der Waals surface area (Å²) in [4.78, 5) is 33.5. The Morgan fingerprint density at radius 1 is 1.30 bits per heavy atom. The number of nitrogens with one attached hydrogen (secondary N) is 3. The van der Waals surface area contributed by atoms with Crippen LogP contribution in [0, 0.1) is 11.7 Å². The van der Waals surface area contributed by atoms with Crippen LogP contribution in [0.25, 0.3) is 11.0 Å². The molecule has 1 spiro atoms. The third kappa shape index (κ3) is 6.01. The summed E-state index contributed by atoms with van der Waals surface area (Å²) in [7, 11) is 3.39. The minimum Gasteiger partial charge on any atom is -0.471 e. The maximum absolute atomic E-state index is 15.5. The van der Waals surface area contributed by atoms with E-state index in [-0.39, 0.29) is 5.82 Å². The Morgan fingerprint density at radius 3 is 2.91 bits per heavy atom. The summed E-state index contributed by atoms with van der Waals surface area (Å²) in [6.45, 7) is 8.72. The van der Waals surface area contributed by atoms with Gasteiger partial charge >= 0.3 is 6.09 Å². The summed E-state index contributed by atoms with van der Waals surface area (Å²) in [5, 5.41) is 6.22. The Balaban J connectivity index is 1.04. The maximum atomic E-state index is 15.5. The van der Waals surface area contributed by atoms with E-state index in [1.165, 1.54) is 6.20 Å². The Bertz CT molecular complexity index is 1490.